The van der Waals surface area contributed by atoms with Crippen molar-refractivity contribution in [3.05, 3.63) is 0 Å². The Bertz CT molecular complexity index is 892. The van der Waals surface area contributed by atoms with Gasteiger partial charge in [-0.25, -0.2) is 0 Å². The number of carbonyl (C=O) groups excluding carboxylic acids is 1. The molecule has 1 aliphatic heterocycles. The highest BCUT2D eigenvalue weighted by molar-refractivity contribution is 5.72. The Hall–Kier alpha value is -0.890. The first-order valence-electron chi connectivity index (χ1n) is 26.2. The Morgan fingerprint density at radius 1 is 0.484 bits per heavy atom. The first-order valence-corrected chi connectivity index (χ1v) is 26.2. The van der Waals surface area contributed by atoms with Crippen molar-refractivity contribution >= 4 is 5.97 Å². The lowest BCUT2D eigenvalue weighted by Crippen LogP contribution is -2.34. The van der Waals surface area contributed by atoms with E-state index in [0.29, 0.717) is 59.5 Å². The van der Waals surface area contributed by atoms with E-state index in [0.717, 1.165) is 96.9 Å². The van der Waals surface area contributed by atoms with E-state index >= 15 is 0 Å². The topological polar surface area (TPSA) is 114 Å². The van der Waals surface area contributed by atoms with E-state index < -0.39 is 6.29 Å². The van der Waals surface area contributed by atoms with Crippen molar-refractivity contribution in [3.63, 3.8) is 0 Å². The maximum atomic E-state index is 12.2. The maximum Gasteiger partial charge on any atom is 0.309 e. The van der Waals surface area contributed by atoms with Crippen molar-refractivity contribution in [1.82, 2.24) is 4.90 Å². The van der Waals surface area contributed by atoms with Crippen LogP contribution in [0.2, 0.25) is 0 Å². The normalized spacial score (nSPS) is 14.9. The molecule has 1 fully saturated rings. The lowest BCUT2D eigenvalue weighted by Gasteiger charge is -2.27. The van der Waals surface area contributed by atoms with Crippen molar-refractivity contribution < 1.29 is 47.8 Å². The summed E-state index contributed by atoms with van der Waals surface area (Å²) in [5, 5.41) is 10.7. The second-order valence-corrected chi connectivity index (χ2v) is 17.9. The molecule has 0 aliphatic carbocycles. The second-order valence-electron chi connectivity index (χ2n) is 17.9. The van der Waals surface area contributed by atoms with Gasteiger partial charge in [0.25, 0.3) is 0 Å². The van der Waals surface area contributed by atoms with Crippen LogP contribution in [0.25, 0.3) is 0 Å². The van der Waals surface area contributed by atoms with Gasteiger partial charge in [0.1, 0.15) is 12.7 Å². The predicted octanol–water partition coefficient (Wildman–Crippen LogP) is 11.2. The highest BCUT2D eigenvalue weighted by Crippen LogP contribution is 2.20. The highest BCUT2D eigenvalue weighted by Gasteiger charge is 2.24. The average Bonchev–Trinajstić information content (AvgIpc) is 3.27. The molecule has 370 valence electrons. The molecule has 11 nitrogen and oxygen atoms in total. The Labute approximate surface area is 382 Å². The summed E-state index contributed by atoms with van der Waals surface area (Å²) in [7, 11) is 2.08. The highest BCUT2D eigenvalue weighted by atomic mass is 16.6. The molecular formula is C51H101NO10. The largest absolute Gasteiger partial charge is 0.463 e. The van der Waals surface area contributed by atoms with Crippen LogP contribution in [-0.2, 0) is 42.7 Å². The molecule has 0 bridgehead atoms. The summed E-state index contributed by atoms with van der Waals surface area (Å²) in [4.78, 5) is 14.4. The molecule has 1 rings (SSSR count). The number of hydrogen-bond donors (Lipinski definition) is 1. The molecule has 1 unspecified atom stereocenters. The molecule has 0 aromatic rings. The summed E-state index contributed by atoms with van der Waals surface area (Å²) >= 11 is 0. The van der Waals surface area contributed by atoms with E-state index in [4.69, 9.17) is 37.9 Å². The summed E-state index contributed by atoms with van der Waals surface area (Å²) in [6.07, 6.45) is 32.5. The van der Waals surface area contributed by atoms with Crippen LogP contribution in [0.4, 0.5) is 0 Å². The fourth-order valence-electron chi connectivity index (χ4n) is 7.86. The SMILES string of the molecule is CCCCCCCCO[C@@H](COCCCCCCCC(O)OC(CCCCCCCC)CCCCCCCC)COCCOCCOCCOCCOC(=O)C1CCN(C)CC1. The second kappa shape index (κ2) is 46.6. The Balaban J connectivity index is 2.15. The van der Waals surface area contributed by atoms with E-state index in [1.807, 2.05) is 0 Å². The first-order chi connectivity index (χ1) is 30.5. The van der Waals surface area contributed by atoms with Gasteiger partial charge in [-0.05, 0) is 71.5 Å². The summed E-state index contributed by atoms with van der Waals surface area (Å²) < 4.78 is 46.6. The minimum Gasteiger partial charge on any atom is -0.463 e. The molecule has 0 saturated carbocycles. The van der Waals surface area contributed by atoms with Gasteiger partial charge in [-0.2, -0.15) is 0 Å². The summed E-state index contributed by atoms with van der Waals surface area (Å²) in [6.45, 7) is 14.7. The number of ether oxygens (including phenoxy) is 8. The Morgan fingerprint density at radius 3 is 1.40 bits per heavy atom. The van der Waals surface area contributed by atoms with Crippen LogP contribution in [0.15, 0.2) is 0 Å². The number of aliphatic hydroxyl groups is 1. The first kappa shape index (κ1) is 59.1. The van der Waals surface area contributed by atoms with Crippen LogP contribution in [0.1, 0.15) is 201 Å². The van der Waals surface area contributed by atoms with Gasteiger partial charge < -0.3 is 47.9 Å². The minimum atomic E-state index is -0.638. The number of aliphatic hydroxyl groups excluding tert-OH is 1. The molecule has 0 spiro atoms. The van der Waals surface area contributed by atoms with E-state index in [2.05, 4.69) is 32.7 Å². The molecule has 0 aromatic heterocycles. The van der Waals surface area contributed by atoms with Gasteiger partial charge >= 0.3 is 5.97 Å². The molecule has 11 heteroatoms. The van der Waals surface area contributed by atoms with E-state index in [9.17, 15) is 9.90 Å². The van der Waals surface area contributed by atoms with Gasteiger partial charge in [-0.3, -0.25) is 4.79 Å². The van der Waals surface area contributed by atoms with Crippen LogP contribution in [0.5, 0.6) is 0 Å². The van der Waals surface area contributed by atoms with E-state index in [-0.39, 0.29) is 30.7 Å². The standard InChI is InChI=1S/C51H101NO10/c1-5-8-11-14-18-23-28-48(29-24-19-15-12-9-6-2)62-50(53)30-25-20-17-21-26-35-58-45-49(60-36-27-22-16-13-10-7-3)46-59-42-41-56-38-37-55-39-40-57-43-44-61-51(54)47-31-33-52(4)34-32-47/h47-50,53H,5-46H2,1-4H3/t49-,50?/m0/s1. The van der Waals surface area contributed by atoms with Crippen LogP contribution in [-0.4, -0.2) is 134 Å². The van der Waals surface area contributed by atoms with Crippen molar-refractivity contribution in [2.75, 3.05) is 99.4 Å². The zero-order chi connectivity index (χ0) is 44.8. The number of likely N-dealkylation sites (tertiary alicyclic amines) is 1. The molecular weight excluding hydrogens is 787 g/mol. The van der Waals surface area contributed by atoms with Crippen LogP contribution >= 0.6 is 0 Å². The number of carbonyl (C=O) groups is 1. The maximum absolute atomic E-state index is 12.2. The van der Waals surface area contributed by atoms with Crippen molar-refractivity contribution in [2.24, 2.45) is 5.92 Å². The molecule has 1 heterocycles. The zero-order valence-corrected chi connectivity index (χ0v) is 41.1. The summed E-state index contributed by atoms with van der Waals surface area (Å²) in [5.41, 5.74) is 0. The van der Waals surface area contributed by atoms with Gasteiger partial charge in [-0.1, -0.05) is 149 Å². The molecule has 0 amide bonds. The number of hydrogen-bond acceptors (Lipinski definition) is 11. The molecule has 2 atom stereocenters. The lowest BCUT2D eigenvalue weighted by molar-refractivity contribution is -0.151. The number of unbranched alkanes of at least 4 members (excludes halogenated alkanes) is 19. The molecule has 1 N–H and O–H groups in total. The quantitative estimate of drug-likeness (QED) is 0.0358. The summed E-state index contributed by atoms with van der Waals surface area (Å²) in [5.74, 6) is -0.0806. The Morgan fingerprint density at radius 2 is 0.887 bits per heavy atom. The van der Waals surface area contributed by atoms with Gasteiger partial charge in [0, 0.05) is 13.2 Å². The van der Waals surface area contributed by atoms with Gasteiger partial charge in [-0.15, -0.1) is 0 Å². The number of rotatable bonds is 49. The van der Waals surface area contributed by atoms with Crippen LogP contribution in [0, 0.1) is 5.92 Å². The molecule has 1 saturated heterocycles. The third-order valence-electron chi connectivity index (χ3n) is 11.9. The fraction of sp³-hybridized carbons (Fsp3) is 0.980. The summed E-state index contributed by atoms with van der Waals surface area (Å²) in [6, 6.07) is 0. The van der Waals surface area contributed by atoms with Crippen LogP contribution < -0.4 is 0 Å². The Kier molecular flexibility index (Phi) is 44.5. The third-order valence-corrected chi connectivity index (χ3v) is 11.9. The molecule has 0 aromatic carbocycles. The zero-order valence-electron chi connectivity index (χ0n) is 41.1. The number of piperidine rings is 1. The van der Waals surface area contributed by atoms with Gasteiger partial charge in [0.15, 0.2) is 6.29 Å². The molecule has 62 heavy (non-hydrogen) atoms. The smallest absolute Gasteiger partial charge is 0.309 e. The fourth-order valence-corrected chi connectivity index (χ4v) is 7.86. The minimum absolute atomic E-state index is 0.0199. The molecule has 1 aliphatic rings. The number of nitrogens with zero attached hydrogens (tertiary/aromatic N) is 1. The molecule has 0 radical (unpaired) electrons. The average molecular weight is 888 g/mol. The monoisotopic (exact) mass is 888 g/mol. The lowest BCUT2D eigenvalue weighted by atomic mass is 9.97. The van der Waals surface area contributed by atoms with E-state index in [1.54, 1.807) is 0 Å². The van der Waals surface area contributed by atoms with Crippen molar-refractivity contribution in [2.45, 2.75) is 219 Å². The van der Waals surface area contributed by atoms with Crippen molar-refractivity contribution in [1.29, 1.82) is 0 Å². The third kappa shape index (κ3) is 39.5. The van der Waals surface area contributed by atoms with Gasteiger partial charge in [0.05, 0.1) is 71.5 Å². The van der Waals surface area contributed by atoms with E-state index in [1.165, 1.54) is 109 Å². The number of esters is 1. The predicted molar refractivity (Wildman–Crippen MR) is 253 cm³/mol. The van der Waals surface area contributed by atoms with Crippen molar-refractivity contribution in [3.8, 4) is 0 Å². The van der Waals surface area contributed by atoms with Gasteiger partial charge in [0.2, 0.25) is 0 Å². The van der Waals surface area contributed by atoms with Crippen LogP contribution in [0.3, 0.4) is 0 Å².